The van der Waals surface area contributed by atoms with Crippen LogP contribution in [0, 0.1) is 0 Å². The molecule has 0 atom stereocenters. The molecular weight excluding hydrogens is 440 g/mol. The molecule has 11 heteroatoms. The van der Waals surface area contributed by atoms with E-state index in [2.05, 4.69) is 20.6 Å². The molecule has 2 heterocycles. The third kappa shape index (κ3) is 5.08. The van der Waals surface area contributed by atoms with Gasteiger partial charge in [0.15, 0.2) is 10.3 Å². The number of thiazole rings is 2. The molecule has 31 heavy (non-hydrogen) atoms. The minimum Gasteiger partial charge on any atom is -0.497 e. The molecule has 0 radical (unpaired) electrons. The molecule has 0 saturated carbocycles. The molecule has 9 nitrogen and oxygen atoms in total. The van der Waals surface area contributed by atoms with Crippen LogP contribution in [-0.4, -0.2) is 49.2 Å². The standard InChI is InChI=1S/C20H18N4O5S2/c1-27-11-3-5-13-15(7-11)30-19(21-13)23-17(25)9-29-10-18(26)24-20-22-14-6-4-12(28-2)8-16(14)31-20/h3-8H,9-10H2,1-2H3,(H,21,23,25)(H,22,24,26). The first-order chi connectivity index (χ1) is 15.0. The maximum absolute atomic E-state index is 12.1. The zero-order valence-corrected chi connectivity index (χ0v) is 18.3. The second-order valence-electron chi connectivity index (χ2n) is 6.29. The fraction of sp³-hybridized carbons (Fsp3) is 0.200. The summed E-state index contributed by atoms with van der Waals surface area (Å²) >= 11 is 2.65. The van der Waals surface area contributed by atoms with Crippen molar-refractivity contribution in [2.45, 2.75) is 0 Å². The van der Waals surface area contributed by atoms with Crippen molar-refractivity contribution in [1.29, 1.82) is 0 Å². The van der Waals surface area contributed by atoms with Gasteiger partial charge in [0.1, 0.15) is 24.7 Å². The highest BCUT2D eigenvalue weighted by atomic mass is 32.1. The normalized spacial score (nSPS) is 10.9. The Balaban J connectivity index is 1.26. The molecule has 0 spiro atoms. The monoisotopic (exact) mass is 458 g/mol. The fourth-order valence-electron chi connectivity index (χ4n) is 2.72. The van der Waals surface area contributed by atoms with Gasteiger partial charge in [-0.15, -0.1) is 0 Å². The maximum atomic E-state index is 12.1. The van der Waals surface area contributed by atoms with E-state index in [-0.39, 0.29) is 13.2 Å². The lowest BCUT2D eigenvalue weighted by Gasteiger charge is -2.04. The predicted molar refractivity (Wildman–Crippen MR) is 120 cm³/mol. The Labute approximate surface area is 185 Å². The van der Waals surface area contributed by atoms with E-state index in [0.29, 0.717) is 10.3 Å². The molecule has 0 unspecified atom stereocenters. The number of nitrogens with one attached hydrogen (secondary N) is 2. The van der Waals surface area contributed by atoms with Crippen LogP contribution >= 0.6 is 22.7 Å². The third-order valence-corrected chi connectivity index (χ3v) is 6.02. The van der Waals surface area contributed by atoms with E-state index in [9.17, 15) is 9.59 Å². The molecule has 0 aliphatic rings. The summed E-state index contributed by atoms with van der Waals surface area (Å²) in [7, 11) is 3.18. The molecule has 2 amide bonds. The summed E-state index contributed by atoms with van der Waals surface area (Å²) in [5.74, 6) is 0.642. The highest BCUT2D eigenvalue weighted by Crippen LogP contribution is 2.30. The van der Waals surface area contributed by atoms with Gasteiger partial charge in [-0.1, -0.05) is 22.7 Å². The number of rotatable bonds is 8. The molecule has 0 bridgehead atoms. The number of hydrogen-bond acceptors (Lipinski definition) is 9. The number of nitrogens with zero attached hydrogens (tertiary/aromatic N) is 2. The Morgan fingerprint density at radius 3 is 1.68 bits per heavy atom. The molecule has 0 fully saturated rings. The van der Waals surface area contributed by atoms with Crippen LogP contribution < -0.4 is 20.1 Å². The van der Waals surface area contributed by atoms with Crippen molar-refractivity contribution in [3.8, 4) is 11.5 Å². The van der Waals surface area contributed by atoms with E-state index in [0.717, 1.165) is 31.9 Å². The maximum Gasteiger partial charge on any atom is 0.252 e. The van der Waals surface area contributed by atoms with E-state index in [1.54, 1.807) is 26.4 Å². The lowest BCUT2D eigenvalue weighted by atomic mass is 10.3. The van der Waals surface area contributed by atoms with Gasteiger partial charge in [-0.25, -0.2) is 9.97 Å². The molecule has 0 saturated heterocycles. The van der Waals surface area contributed by atoms with Crippen molar-refractivity contribution in [2.75, 3.05) is 38.1 Å². The first kappa shape index (κ1) is 21.0. The number of anilines is 2. The number of fused-ring (bicyclic) bond motifs is 2. The van der Waals surface area contributed by atoms with Crippen molar-refractivity contribution in [3.63, 3.8) is 0 Å². The Morgan fingerprint density at radius 2 is 1.26 bits per heavy atom. The van der Waals surface area contributed by atoms with Crippen LogP contribution in [0.15, 0.2) is 36.4 Å². The lowest BCUT2D eigenvalue weighted by molar-refractivity contribution is -0.125. The number of carbonyl (C=O) groups excluding carboxylic acids is 2. The van der Waals surface area contributed by atoms with Crippen molar-refractivity contribution in [3.05, 3.63) is 36.4 Å². The largest absolute Gasteiger partial charge is 0.497 e. The van der Waals surface area contributed by atoms with E-state index in [1.165, 1.54) is 22.7 Å². The summed E-state index contributed by atoms with van der Waals surface area (Å²) in [5, 5.41) is 6.24. The first-order valence-electron chi connectivity index (χ1n) is 9.10. The van der Waals surface area contributed by atoms with E-state index in [4.69, 9.17) is 14.2 Å². The van der Waals surface area contributed by atoms with E-state index in [1.807, 2.05) is 24.3 Å². The average molecular weight is 459 g/mol. The van der Waals surface area contributed by atoms with Crippen molar-refractivity contribution in [2.24, 2.45) is 0 Å². The molecule has 2 N–H and O–H groups in total. The van der Waals surface area contributed by atoms with Gasteiger partial charge in [0.05, 0.1) is 34.7 Å². The smallest absolute Gasteiger partial charge is 0.252 e. The zero-order valence-electron chi connectivity index (χ0n) is 16.6. The van der Waals surface area contributed by atoms with Crippen molar-refractivity contribution < 1.29 is 23.8 Å². The van der Waals surface area contributed by atoms with Crippen LogP contribution in [0.2, 0.25) is 0 Å². The summed E-state index contributed by atoms with van der Waals surface area (Å²) < 4.78 is 17.4. The van der Waals surface area contributed by atoms with Crippen LogP contribution in [0.25, 0.3) is 20.4 Å². The number of carbonyl (C=O) groups is 2. The number of amides is 2. The van der Waals surface area contributed by atoms with Gasteiger partial charge in [0.25, 0.3) is 11.8 Å². The van der Waals surface area contributed by atoms with Gasteiger partial charge in [-0.3, -0.25) is 20.2 Å². The third-order valence-electron chi connectivity index (χ3n) is 4.15. The van der Waals surface area contributed by atoms with E-state index < -0.39 is 11.8 Å². The zero-order chi connectivity index (χ0) is 21.8. The minimum absolute atomic E-state index is 0.274. The summed E-state index contributed by atoms with van der Waals surface area (Å²) in [6, 6.07) is 10.9. The second kappa shape index (κ2) is 9.25. The number of hydrogen-bond donors (Lipinski definition) is 2. The first-order valence-corrected chi connectivity index (χ1v) is 10.7. The summed E-state index contributed by atoms with van der Waals surface area (Å²) in [5.41, 5.74) is 1.52. The molecule has 2 aromatic heterocycles. The lowest BCUT2D eigenvalue weighted by Crippen LogP contribution is -2.23. The molecule has 160 valence electrons. The second-order valence-corrected chi connectivity index (χ2v) is 8.36. The van der Waals surface area contributed by atoms with Gasteiger partial charge < -0.3 is 14.2 Å². The van der Waals surface area contributed by atoms with Crippen LogP contribution in [0.3, 0.4) is 0 Å². The average Bonchev–Trinajstić information content (AvgIpc) is 3.34. The molecule has 4 rings (SSSR count). The van der Waals surface area contributed by atoms with Gasteiger partial charge >= 0.3 is 0 Å². The Hall–Kier alpha value is -3.28. The number of ether oxygens (including phenoxy) is 3. The van der Waals surface area contributed by atoms with Crippen LogP contribution in [-0.2, 0) is 14.3 Å². The van der Waals surface area contributed by atoms with Gasteiger partial charge in [0.2, 0.25) is 0 Å². The van der Waals surface area contributed by atoms with Gasteiger partial charge in [-0.05, 0) is 36.4 Å². The predicted octanol–water partition coefficient (Wildman–Crippen LogP) is 3.52. The summed E-state index contributed by atoms with van der Waals surface area (Å²) in [6.07, 6.45) is 0. The molecule has 0 aliphatic carbocycles. The van der Waals surface area contributed by atoms with Crippen LogP contribution in [0.4, 0.5) is 10.3 Å². The number of methoxy groups -OCH3 is 2. The topological polar surface area (TPSA) is 112 Å². The molecule has 2 aromatic carbocycles. The summed E-state index contributed by atoms with van der Waals surface area (Å²) in [6.45, 7) is -0.548. The summed E-state index contributed by atoms with van der Waals surface area (Å²) in [4.78, 5) is 32.8. The van der Waals surface area contributed by atoms with Crippen LogP contribution in [0.1, 0.15) is 0 Å². The number of aromatic nitrogens is 2. The molecule has 0 aliphatic heterocycles. The van der Waals surface area contributed by atoms with Crippen LogP contribution in [0.5, 0.6) is 11.5 Å². The highest BCUT2D eigenvalue weighted by molar-refractivity contribution is 7.22. The minimum atomic E-state index is -0.397. The Bertz CT molecular complexity index is 1160. The molecular formula is C20H18N4O5S2. The quantitative estimate of drug-likeness (QED) is 0.415. The van der Waals surface area contributed by atoms with Crippen molar-refractivity contribution in [1.82, 2.24) is 9.97 Å². The van der Waals surface area contributed by atoms with Gasteiger partial charge in [0, 0.05) is 0 Å². The van der Waals surface area contributed by atoms with Crippen molar-refractivity contribution >= 4 is 65.2 Å². The highest BCUT2D eigenvalue weighted by Gasteiger charge is 2.12. The van der Waals surface area contributed by atoms with E-state index >= 15 is 0 Å². The Morgan fingerprint density at radius 1 is 0.806 bits per heavy atom. The molecule has 4 aromatic rings. The fourth-order valence-corrected chi connectivity index (χ4v) is 4.54. The Kier molecular flexibility index (Phi) is 6.26. The SMILES string of the molecule is COc1ccc2nc(NC(=O)COCC(=O)Nc3nc4ccc(OC)cc4s3)sc2c1. The van der Waals surface area contributed by atoms with Gasteiger partial charge in [-0.2, -0.15) is 0 Å². The number of benzene rings is 2.